The van der Waals surface area contributed by atoms with Gasteiger partial charge in [0.25, 0.3) is 5.91 Å². The smallest absolute Gasteiger partial charge is 0.325 e. The van der Waals surface area contributed by atoms with Gasteiger partial charge in [-0.3, -0.25) is 9.59 Å². The zero-order valence-electron chi connectivity index (χ0n) is 14.7. The quantitative estimate of drug-likeness (QED) is 0.662. The van der Waals surface area contributed by atoms with Crippen molar-refractivity contribution in [2.24, 2.45) is 4.99 Å². The van der Waals surface area contributed by atoms with Gasteiger partial charge < -0.3 is 14.0 Å². The molecule has 0 aliphatic rings. The van der Waals surface area contributed by atoms with Gasteiger partial charge in [0, 0.05) is 5.56 Å². The first kappa shape index (κ1) is 17.9. The highest BCUT2D eigenvalue weighted by molar-refractivity contribution is 7.16. The third-order valence-corrected chi connectivity index (χ3v) is 4.98. The maximum atomic E-state index is 12.6. The molecule has 0 fully saturated rings. The number of amides is 1. The molecule has 7 heteroatoms. The van der Waals surface area contributed by atoms with Crippen molar-refractivity contribution in [2.75, 3.05) is 14.2 Å². The van der Waals surface area contributed by atoms with Crippen LogP contribution >= 0.6 is 11.3 Å². The van der Waals surface area contributed by atoms with E-state index in [4.69, 9.17) is 9.47 Å². The number of hydrogen-bond acceptors (Lipinski definition) is 5. The second kappa shape index (κ2) is 7.53. The van der Waals surface area contributed by atoms with E-state index in [1.807, 2.05) is 25.1 Å². The maximum absolute atomic E-state index is 12.6. The Hall–Kier alpha value is -2.93. The molecule has 0 bridgehead atoms. The summed E-state index contributed by atoms with van der Waals surface area (Å²) in [7, 11) is 2.88. The van der Waals surface area contributed by atoms with Crippen LogP contribution < -0.4 is 9.54 Å². The third-order valence-electron chi connectivity index (χ3n) is 3.93. The second-order valence-electron chi connectivity index (χ2n) is 5.62. The summed E-state index contributed by atoms with van der Waals surface area (Å²) in [5.41, 5.74) is 2.29. The first-order valence-corrected chi connectivity index (χ1v) is 8.74. The van der Waals surface area contributed by atoms with Crippen LogP contribution in [0.15, 0.2) is 47.5 Å². The Labute approximate surface area is 154 Å². The number of benzene rings is 2. The SMILES string of the molecule is COC(=O)Cn1c(=NC(=O)c2cccc(OC)c2)sc2cccc(C)c21. The van der Waals surface area contributed by atoms with E-state index in [1.165, 1.54) is 18.4 Å². The molecule has 0 atom stereocenters. The lowest BCUT2D eigenvalue weighted by Gasteiger charge is -2.05. The Kier molecular flexibility index (Phi) is 5.18. The van der Waals surface area contributed by atoms with Crippen molar-refractivity contribution >= 4 is 33.4 Å². The second-order valence-corrected chi connectivity index (χ2v) is 6.63. The monoisotopic (exact) mass is 370 g/mol. The van der Waals surface area contributed by atoms with Crippen molar-refractivity contribution < 1.29 is 19.1 Å². The van der Waals surface area contributed by atoms with E-state index in [9.17, 15) is 9.59 Å². The Morgan fingerprint density at radius 2 is 1.92 bits per heavy atom. The van der Waals surface area contributed by atoms with Gasteiger partial charge in [-0.25, -0.2) is 0 Å². The number of aromatic nitrogens is 1. The van der Waals surface area contributed by atoms with Crippen LogP contribution in [-0.2, 0) is 16.1 Å². The molecule has 0 saturated carbocycles. The van der Waals surface area contributed by atoms with Crippen molar-refractivity contribution in [1.82, 2.24) is 4.57 Å². The summed E-state index contributed by atoms with van der Waals surface area (Å²) in [6.07, 6.45) is 0. The van der Waals surface area contributed by atoms with E-state index in [0.717, 1.165) is 15.8 Å². The van der Waals surface area contributed by atoms with Crippen LogP contribution in [0.5, 0.6) is 5.75 Å². The first-order valence-electron chi connectivity index (χ1n) is 7.92. The van der Waals surface area contributed by atoms with Gasteiger partial charge in [-0.05, 0) is 36.8 Å². The highest BCUT2D eigenvalue weighted by atomic mass is 32.1. The van der Waals surface area contributed by atoms with Crippen LogP contribution in [0.2, 0.25) is 0 Å². The minimum Gasteiger partial charge on any atom is -0.497 e. The van der Waals surface area contributed by atoms with Gasteiger partial charge in [-0.1, -0.05) is 29.5 Å². The van der Waals surface area contributed by atoms with E-state index in [0.29, 0.717) is 16.1 Å². The largest absolute Gasteiger partial charge is 0.497 e. The summed E-state index contributed by atoms with van der Waals surface area (Å²) >= 11 is 1.36. The van der Waals surface area contributed by atoms with Crippen molar-refractivity contribution in [3.63, 3.8) is 0 Å². The summed E-state index contributed by atoms with van der Waals surface area (Å²) in [6, 6.07) is 12.6. The van der Waals surface area contributed by atoms with E-state index < -0.39 is 11.9 Å². The van der Waals surface area contributed by atoms with Crippen LogP contribution in [-0.4, -0.2) is 30.7 Å². The number of ether oxygens (including phenoxy) is 2. The molecular weight excluding hydrogens is 352 g/mol. The average molecular weight is 370 g/mol. The zero-order chi connectivity index (χ0) is 18.7. The highest BCUT2D eigenvalue weighted by Crippen LogP contribution is 2.21. The van der Waals surface area contributed by atoms with Gasteiger partial charge in [-0.2, -0.15) is 4.99 Å². The van der Waals surface area contributed by atoms with Crippen LogP contribution in [0.3, 0.4) is 0 Å². The van der Waals surface area contributed by atoms with E-state index in [-0.39, 0.29) is 6.54 Å². The van der Waals surface area contributed by atoms with Crippen molar-refractivity contribution in [1.29, 1.82) is 0 Å². The number of fused-ring (bicyclic) bond motifs is 1. The van der Waals surface area contributed by atoms with Crippen molar-refractivity contribution in [3.8, 4) is 5.75 Å². The lowest BCUT2D eigenvalue weighted by molar-refractivity contribution is -0.141. The molecule has 0 aliphatic heterocycles. The van der Waals surface area contributed by atoms with Crippen LogP contribution in [0.25, 0.3) is 10.2 Å². The molecule has 6 nitrogen and oxygen atoms in total. The number of thiazole rings is 1. The molecule has 0 aliphatic carbocycles. The molecule has 0 unspecified atom stereocenters. The van der Waals surface area contributed by atoms with E-state index in [2.05, 4.69) is 4.99 Å². The summed E-state index contributed by atoms with van der Waals surface area (Å²) in [5, 5.41) is 0. The van der Waals surface area contributed by atoms with Gasteiger partial charge in [0.2, 0.25) is 0 Å². The highest BCUT2D eigenvalue weighted by Gasteiger charge is 2.14. The number of hydrogen-bond donors (Lipinski definition) is 0. The molecule has 26 heavy (non-hydrogen) atoms. The Bertz CT molecular complexity index is 1050. The van der Waals surface area contributed by atoms with Gasteiger partial charge >= 0.3 is 5.97 Å². The Morgan fingerprint density at radius 3 is 2.65 bits per heavy atom. The maximum Gasteiger partial charge on any atom is 0.325 e. The molecule has 2 aromatic carbocycles. The molecule has 3 aromatic rings. The molecule has 0 spiro atoms. The number of esters is 1. The summed E-state index contributed by atoms with van der Waals surface area (Å²) in [5.74, 6) is -0.212. The average Bonchev–Trinajstić information content (AvgIpc) is 2.99. The number of para-hydroxylation sites is 1. The lowest BCUT2D eigenvalue weighted by atomic mass is 10.2. The molecule has 1 aromatic heterocycles. The number of rotatable bonds is 4. The standard InChI is InChI=1S/C19H18N2O4S/c1-12-6-4-9-15-17(12)21(11-16(22)25-3)19(26-15)20-18(23)13-7-5-8-14(10-13)24-2/h4-10H,11H2,1-3H3. The number of carbonyl (C=O) groups excluding carboxylic acids is 2. The molecule has 134 valence electrons. The zero-order valence-corrected chi connectivity index (χ0v) is 15.5. The van der Waals surface area contributed by atoms with Crippen molar-refractivity contribution in [2.45, 2.75) is 13.5 Å². The topological polar surface area (TPSA) is 69.9 Å². The summed E-state index contributed by atoms with van der Waals surface area (Å²) in [4.78, 5) is 29.2. The first-order chi connectivity index (χ1) is 12.5. The number of nitrogens with zero attached hydrogens (tertiary/aromatic N) is 2. The molecule has 0 saturated heterocycles. The minimum atomic E-state index is -0.400. The van der Waals surface area contributed by atoms with Crippen LogP contribution in [0.4, 0.5) is 0 Å². The fourth-order valence-electron chi connectivity index (χ4n) is 2.64. The molecule has 0 radical (unpaired) electrons. The molecule has 3 rings (SSSR count). The lowest BCUT2D eigenvalue weighted by Crippen LogP contribution is -2.22. The number of aryl methyl sites for hydroxylation is 1. The third kappa shape index (κ3) is 3.52. The Balaban J connectivity index is 2.15. The number of methoxy groups -OCH3 is 2. The van der Waals surface area contributed by atoms with Crippen LogP contribution in [0, 0.1) is 6.92 Å². The van der Waals surface area contributed by atoms with Crippen molar-refractivity contribution in [3.05, 3.63) is 58.4 Å². The van der Waals surface area contributed by atoms with Gasteiger partial charge in [-0.15, -0.1) is 0 Å². The predicted octanol–water partition coefficient (Wildman–Crippen LogP) is 2.93. The normalized spacial score (nSPS) is 11.6. The summed E-state index contributed by atoms with van der Waals surface area (Å²) < 4.78 is 12.6. The fourth-order valence-corrected chi connectivity index (χ4v) is 3.75. The predicted molar refractivity (Wildman–Crippen MR) is 99.5 cm³/mol. The molecule has 1 amide bonds. The van der Waals surface area contributed by atoms with Gasteiger partial charge in [0.1, 0.15) is 12.3 Å². The molecular formula is C19H18N2O4S. The minimum absolute atomic E-state index is 0.00836. The Morgan fingerprint density at radius 1 is 1.15 bits per heavy atom. The van der Waals surface area contributed by atoms with Gasteiger partial charge in [0.15, 0.2) is 4.80 Å². The summed E-state index contributed by atoms with van der Waals surface area (Å²) in [6.45, 7) is 1.95. The fraction of sp³-hybridized carbons (Fsp3) is 0.211. The molecule has 0 N–H and O–H groups in total. The van der Waals surface area contributed by atoms with Crippen LogP contribution in [0.1, 0.15) is 15.9 Å². The van der Waals surface area contributed by atoms with E-state index in [1.54, 1.807) is 35.9 Å². The van der Waals surface area contributed by atoms with E-state index >= 15 is 0 Å². The number of carbonyl (C=O) groups is 2. The van der Waals surface area contributed by atoms with Gasteiger partial charge in [0.05, 0.1) is 24.4 Å². The molecule has 1 heterocycles.